The zero-order valence-corrected chi connectivity index (χ0v) is 12.3. The van der Waals surface area contributed by atoms with Gasteiger partial charge in [-0.1, -0.05) is 27.2 Å². The number of thiazole rings is 1. The minimum atomic E-state index is 0.541. The summed E-state index contributed by atoms with van der Waals surface area (Å²) in [6.45, 7) is 7.90. The number of fused-ring (bicyclic) bond motifs is 1. The van der Waals surface area contributed by atoms with Gasteiger partial charge in [0, 0.05) is 30.2 Å². The van der Waals surface area contributed by atoms with Gasteiger partial charge in [0.05, 0.1) is 5.69 Å². The lowest BCUT2D eigenvalue weighted by molar-refractivity contribution is 0.363. The van der Waals surface area contributed by atoms with Gasteiger partial charge >= 0.3 is 0 Å². The molecule has 2 atom stereocenters. The average Bonchev–Trinajstić information content (AvgIpc) is 2.94. The molecule has 2 rings (SSSR count). The fraction of sp³-hybridized carbons (Fsp3) is 0.643. The Labute approximate surface area is 113 Å². The maximum absolute atomic E-state index is 4.68. The summed E-state index contributed by atoms with van der Waals surface area (Å²) in [6, 6.07) is 0.541. The highest BCUT2D eigenvalue weighted by Gasteiger charge is 2.17. The Morgan fingerprint density at radius 2 is 2.28 bits per heavy atom. The molecule has 100 valence electrons. The monoisotopic (exact) mass is 265 g/mol. The first-order valence-corrected chi connectivity index (χ1v) is 7.77. The molecule has 2 heterocycles. The minimum Gasteiger partial charge on any atom is -0.313 e. The van der Waals surface area contributed by atoms with E-state index in [0.29, 0.717) is 12.0 Å². The number of aromatic nitrogens is 2. The Kier molecular flexibility index (Phi) is 4.78. The quantitative estimate of drug-likeness (QED) is 0.832. The Morgan fingerprint density at radius 1 is 1.44 bits per heavy atom. The molecule has 0 saturated heterocycles. The fourth-order valence-corrected chi connectivity index (χ4v) is 2.91. The highest BCUT2D eigenvalue weighted by molar-refractivity contribution is 7.15. The van der Waals surface area contributed by atoms with Gasteiger partial charge in [-0.15, -0.1) is 11.3 Å². The Balaban J connectivity index is 2.05. The highest BCUT2D eigenvalue weighted by atomic mass is 32.1. The molecule has 0 aliphatic heterocycles. The van der Waals surface area contributed by atoms with Crippen molar-refractivity contribution >= 4 is 16.3 Å². The molecule has 1 N–H and O–H groups in total. The third-order valence-electron chi connectivity index (χ3n) is 3.56. The van der Waals surface area contributed by atoms with E-state index >= 15 is 0 Å². The molecule has 3 nitrogen and oxygen atoms in total. The van der Waals surface area contributed by atoms with Gasteiger partial charge in [-0.05, 0) is 18.9 Å². The zero-order chi connectivity index (χ0) is 13.0. The van der Waals surface area contributed by atoms with E-state index in [4.69, 9.17) is 0 Å². The van der Waals surface area contributed by atoms with E-state index in [0.717, 1.165) is 17.9 Å². The molecular weight excluding hydrogens is 242 g/mol. The second-order valence-electron chi connectivity index (χ2n) is 4.98. The second-order valence-corrected chi connectivity index (χ2v) is 5.85. The van der Waals surface area contributed by atoms with Crippen LogP contribution in [0.25, 0.3) is 4.96 Å². The van der Waals surface area contributed by atoms with Crippen LogP contribution in [0.4, 0.5) is 0 Å². The van der Waals surface area contributed by atoms with E-state index in [1.54, 1.807) is 11.3 Å². The summed E-state index contributed by atoms with van der Waals surface area (Å²) in [5.74, 6) is 0.691. The molecule has 18 heavy (non-hydrogen) atoms. The van der Waals surface area contributed by atoms with Crippen LogP contribution in [0.1, 0.15) is 39.3 Å². The topological polar surface area (TPSA) is 29.3 Å². The van der Waals surface area contributed by atoms with Crippen molar-refractivity contribution in [2.24, 2.45) is 5.92 Å². The molecule has 0 spiro atoms. The third kappa shape index (κ3) is 3.12. The standard InChI is InChI=1S/C14H23N3S/c1-4-6-15-13(11(3)5-2)9-12-10-17-7-8-18-14(17)16-12/h7-8,10-11,13,15H,4-6,9H2,1-3H3. The molecule has 0 bridgehead atoms. The van der Waals surface area contributed by atoms with Crippen LogP contribution in [0.2, 0.25) is 0 Å². The van der Waals surface area contributed by atoms with Gasteiger partial charge in [-0.2, -0.15) is 0 Å². The van der Waals surface area contributed by atoms with Gasteiger partial charge in [0.15, 0.2) is 4.96 Å². The summed E-state index contributed by atoms with van der Waals surface area (Å²) in [4.78, 5) is 5.78. The number of nitrogens with zero attached hydrogens (tertiary/aromatic N) is 2. The number of rotatable bonds is 7. The zero-order valence-electron chi connectivity index (χ0n) is 11.5. The van der Waals surface area contributed by atoms with Crippen molar-refractivity contribution in [2.45, 2.75) is 46.1 Å². The van der Waals surface area contributed by atoms with Gasteiger partial charge in [0.1, 0.15) is 0 Å². The predicted molar refractivity (Wildman–Crippen MR) is 78.3 cm³/mol. The molecule has 0 aliphatic rings. The van der Waals surface area contributed by atoms with E-state index in [-0.39, 0.29) is 0 Å². The van der Waals surface area contributed by atoms with Crippen molar-refractivity contribution in [1.82, 2.24) is 14.7 Å². The number of imidazole rings is 1. The normalized spacial score (nSPS) is 15.1. The van der Waals surface area contributed by atoms with Gasteiger partial charge < -0.3 is 5.32 Å². The van der Waals surface area contributed by atoms with Gasteiger partial charge in [-0.3, -0.25) is 4.40 Å². The van der Waals surface area contributed by atoms with Gasteiger partial charge in [0.2, 0.25) is 0 Å². The maximum Gasteiger partial charge on any atom is 0.193 e. The lowest BCUT2D eigenvalue weighted by atomic mass is 9.95. The smallest absolute Gasteiger partial charge is 0.193 e. The van der Waals surface area contributed by atoms with Gasteiger partial charge in [0.25, 0.3) is 0 Å². The minimum absolute atomic E-state index is 0.541. The van der Waals surface area contributed by atoms with Crippen molar-refractivity contribution in [1.29, 1.82) is 0 Å². The SMILES string of the molecule is CCCNC(Cc1cn2ccsc2n1)C(C)CC. The van der Waals surface area contributed by atoms with Crippen LogP contribution in [-0.2, 0) is 6.42 Å². The molecule has 2 aromatic heterocycles. The molecule has 0 saturated carbocycles. The maximum atomic E-state index is 4.68. The molecule has 0 aromatic carbocycles. The number of nitrogens with one attached hydrogen (secondary N) is 1. The van der Waals surface area contributed by atoms with Crippen molar-refractivity contribution in [3.63, 3.8) is 0 Å². The van der Waals surface area contributed by atoms with Gasteiger partial charge in [-0.25, -0.2) is 4.98 Å². The fourth-order valence-electron chi connectivity index (χ4n) is 2.19. The van der Waals surface area contributed by atoms with E-state index in [1.165, 1.54) is 18.5 Å². The third-order valence-corrected chi connectivity index (χ3v) is 4.33. The lowest BCUT2D eigenvalue weighted by Crippen LogP contribution is -2.37. The summed E-state index contributed by atoms with van der Waals surface area (Å²) < 4.78 is 2.12. The Hall–Kier alpha value is -0.870. The highest BCUT2D eigenvalue weighted by Crippen LogP contribution is 2.16. The van der Waals surface area contributed by atoms with E-state index in [9.17, 15) is 0 Å². The first-order valence-electron chi connectivity index (χ1n) is 6.89. The average molecular weight is 265 g/mol. The first-order chi connectivity index (χ1) is 8.74. The molecule has 4 heteroatoms. The molecule has 0 radical (unpaired) electrons. The van der Waals surface area contributed by atoms with Crippen LogP contribution < -0.4 is 5.32 Å². The molecule has 2 unspecified atom stereocenters. The number of hydrogen-bond acceptors (Lipinski definition) is 3. The molecular formula is C14H23N3S. The predicted octanol–water partition coefficient (Wildman–Crippen LogP) is 3.35. The summed E-state index contributed by atoms with van der Waals surface area (Å²) in [5.41, 5.74) is 1.20. The van der Waals surface area contributed by atoms with Crippen molar-refractivity contribution in [3.05, 3.63) is 23.5 Å². The van der Waals surface area contributed by atoms with Crippen LogP contribution in [-0.4, -0.2) is 22.0 Å². The van der Waals surface area contributed by atoms with E-state index < -0.39 is 0 Å². The largest absolute Gasteiger partial charge is 0.313 e. The number of hydrogen-bond donors (Lipinski definition) is 1. The molecule has 2 aromatic rings. The lowest BCUT2D eigenvalue weighted by Gasteiger charge is -2.23. The van der Waals surface area contributed by atoms with Crippen LogP contribution in [0.5, 0.6) is 0 Å². The summed E-state index contributed by atoms with van der Waals surface area (Å²) >= 11 is 1.70. The van der Waals surface area contributed by atoms with Crippen LogP contribution in [0.3, 0.4) is 0 Å². The van der Waals surface area contributed by atoms with Crippen molar-refractivity contribution in [3.8, 4) is 0 Å². The second kappa shape index (κ2) is 6.34. The van der Waals surface area contributed by atoms with E-state index in [1.807, 2.05) is 0 Å². The van der Waals surface area contributed by atoms with Crippen molar-refractivity contribution in [2.75, 3.05) is 6.54 Å². The molecule has 0 aliphatic carbocycles. The summed E-state index contributed by atoms with van der Waals surface area (Å²) in [6.07, 6.45) is 7.67. The van der Waals surface area contributed by atoms with E-state index in [2.05, 4.69) is 53.2 Å². The van der Waals surface area contributed by atoms with Crippen LogP contribution in [0.15, 0.2) is 17.8 Å². The van der Waals surface area contributed by atoms with Crippen LogP contribution >= 0.6 is 11.3 Å². The van der Waals surface area contributed by atoms with Crippen LogP contribution in [0, 0.1) is 5.92 Å². The molecule has 0 amide bonds. The molecule has 0 fully saturated rings. The Morgan fingerprint density at radius 3 is 2.94 bits per heavy atom. The first kappa shape index (κ1) is 13.6. The summed E-state index contributed by atoms with van der Waals surface area (Å²) in [7, 11) is 0. The van der Waals surface area contributed by atoms with Crippen molar-refractivity contribution < 1.29 is 0 Å². The Bertz CT molecular complexity index is 446. The summed E-state index contributed by atoms with van der Waals surface area (Å²) in [5, 5.41) is 5.74.